The van der Waals surface area contributed by atoms with Gasteiger partial charge in [-0.15, -0.1) is 10.2 Å². The summed E-state index contributed by atoms with van der Waals surface area (Å²) in [6.45, 7) is 4.31. The molecule has 0 fully saturated rings. The van der Waals surface area contributed by atoms with Gasteiger partial charge in [-0.1, -0.05) is 78.9 Å². The van der Waals surface area contributed by atoms with Crippen LogP contribution in [0.15, 0.2) is 95.7 Å². The van der Waals surface area contributed by atoms with Gasteiger partial charge in [0, 0.05) is 22.8 Å². The average molecular weight is 430 g/mol. The van der Waals surface area contributed by atoms with E-state index in [0.29, 0.717) is 0 Å². The summed E-state index contributed by atoms with van der Waals surface area (Å²) in [5.41, 5.74) is 8.93. The molecular weight excluding hydrogens is 406 g/mol. The molecule has 0 bridgehead atoms. The molecule has 6 rings (SSSR count). The van der Waals surface area contributed by atoms with Gasteiger partial charge in [0.15, 0.2) is 5.82 Å². The Hall–Kier alpha value is -4.18. The largest absolute Gasteiger partial charge is 0.456 e. The highest BCUT2D eigenvalue weighted by Gasteiger charge is 2.15. The molecule has 0 atom stereocenters. The molecular formula is C29H23N3O. The first-order valence-corrected chi connectivity index (χ1v) is 11.1. The lowest BCUT2D eigenvalue weighted by Gasteiger charge is -2.15. The molecule has 0 radical (unpaired) electrons. The molecule has 33 heavy (non-hydrogen) atoms. The van der Waals surface area contributed by atoms with Crippen LogP contribution >= 0.6 is 0 Å². The summed E-state index contributed by atoms with van der Waals surface area (Å²) in [4.78, 5) is 0. The van der Waals surface area contributed by atoms with Crippen LogP contribution in [0.2, 0.25) is 0 Å². The maximum atomic E-state index is 6.24. The minimum absolute atomic E-state index is 0.812. The van der Waals surface area contributed by atoms with Crippen molar-refractivity contribution in [3.8, 4) is 17.1 Å². The first-order valence-electron chi connectivity index (χ1n) is 11.1. The molecule has 2 aromatic heterocycles. The number of aryl methyl sites for hydroxylation is 2. The summed E-state index contributed by atoms with van der Waals surface area (Å²) in [6.07, 6.45) is 2.61. The maximum Gasteiger partial charge on any atom is 0.168 e. The zero-order valence-electron chi connectivity index (χ0n) is 18.6. The molecule has 0 unspecified atom stereocenters. The summed E-state index contributed by atoms with van der Waals surface area (Å²) < 4.78 is 8.33. The van der Waals surface area contributed by atoms with Gasteiger partial charge in [-0.25, -0.2) is 0 Å². The van der Waals surface area contributed by atoms with Crippen LogP contribution in [0.25, 0.3) is 39.0 Å². The molecule has 0 saturated carbocycles. The van der Waals surface area contributed by atoms with Crippen molar-refractivity contribution < 1.29 is 4.42 Å². The van der Waals surface area contributed by atoms with Crippen molar-refractivity contribution in [2.24, 2.45) is 0 Å². The number of rotatable bonds is 4. The molecule has 0 amide bonds. The van der Waals surface area contributed by atoms with Gasteiger partial charge in [-0.05, 0) is 42.2 Å². The number of aromatic nitrogens is 3. The Labute approximate surface area is 192 Å². The number of fused-ring (bicyclic) bond motifs is 3. The molecule has 0 aliphatic rings. The molecule has 0 aliphatic carbocycles. The van der Waals surface area contributed by atoms with Gasteiger partial charge >= 0.3 is 0 Å². The number of para-hydroxylation sites is 2. The van der Waals surface area contributed by atoms with E-state index >= 15 is 0 Å². The normalized spacial score (nSPS) is 11.5. The quantitative estimate of drug-likeness (QED) is 0.302. The molecule has 4 nitrogen and oxygen atoms in total. The van der Waals surface area contributed by atoms with Crippen LogP contribution in [0.1, 0.15) is 22.3 Å². The number of benzene rings is 4. The lowest BCUT2D eigenvalue weighted by atomic mass is 9.97. The minimum Gasteiger partial charge on any atom is -0.456 e. The molecule has 6 aromatic rings. The van der Waals surface area contributed by atoms with Gasteiger partial charge in [0.1, 0.15) is 17.5 Å². The van der Waals surface area contributed by atoms with Crippen LogP contribution in [0, 0.1) is 13.8 Å². The Bertz CT molecular complexity index is 1590. The highest BCUT2D eigenvalue weighted by Crippen LogP contribution is 2.33. The van der Waals surface area contributed by atoms with Crippen molar-refractivity contribution in [2.75, 3.05) is 0 Å². The standard InChI is InChI=1S/C29H23N3O/c1-19-15-21(17-23-11-8-13-25-24-12-6-7-14-26(24)33-28(23)25)16-20(2)27(19)32-18-30-31-29(32)22-9-4-3-5-10-22/h3-16,18H,17H2,1-2H3. The van der Waals surface area contributed by atoms with Gasteiger partial charge in [0.05, 0.1) is 5.69 Å². The average Bonchev–Trinajstić information content (AvgIpc) is 3.45. The van der Waals surface area contributed by atoms with Crippen LogP contribution in [-0.2, 0) is 6.42 Å². The van der Waals surface area contributed by atoms with E-state index in [1.807, 2.05) is 30.3 Å². The Morgan fingerprint density at radius 3 is 2.33 bits per heavy atom. The first-order chi connectivity index (χ1) is 16.2. The molecule has 2 heterocycles. The number of hydrogen-bond acceptors (Lipinski definition) is 3. The van der Waals surface area contributed by atoms with Gasteiger partial charge in [-0.3, -0.25) is 4.57 Å². The van der Waals surface area contributed by atoms with E-state index in [4.69, 9.17) is 4.42 Å². The van der Waals surface area contributed by atoms with E-state index in [2.05, 4.69) is 83.2 Å². The monoisotopic (exact) mass is 429 g/mol. The third-order valence-electron chi connectivity index (χ3n) is 6.25. The van der Waals surface area contributed by atoms with Gasteiger partial charge < -0.3 is 4.42 Å². The smallest absolute Gasteiger partial charge is 0.168 e. The fourth-order valence-corrected chi connectivity index (χ4v) is 4.88. The van der Waals surface area contributed by atoms with E-state index in [0.717, 1.165) is 40.0 Å². The van der Waals surface area contributed by atoms with Crippen molar-refractivity contribution >= 4 is 21.9 Å². The highest BCUT2D eigenvalue weighted by molar-refractivity contribution is 6.05. The summed E-state index contributed by atoms with van der Waals surface area (Å²) in [7, 11) is 0. The molecule has 4 aromatic carbocycles. The Balaban J connectivity index is 1.41. The van der Waals surface area contributed by atoms with Crippen LogP contribution in [0.5, 0.6) is 0 Å². The fraction of sp³-hybridized carbons (Fsp3) is 0.103. The third kappa shape index (κ3) is 3.31. The lowest BCUT2D eigenvalue weighted by Crippen LogP contribution is -2.03. The van der Waals surface area contributed by atoms with Crippen molar-refractivity contribution in [1.29, 1.82) is 0 Å². The lowest BCUT2D eigenvalue weighted by molar-refractivity contribution is 0.664. The molecule has 0 N–H and O–H groups in total. The molecule has 4 heteroatoms. The second-order valence-electron chi connectivity index (χ2n) is 8.54. The van der Waals surface area contributed by atoms with E-state index in [1.54, 1.807) is 6.33 Å². The van der Waals surface area contributed by atoms with Crippen molar-refractivity contribution in [3.63, 3.8) is 0 Å². The highest BCUT2D eigenvalue weighted by atomic mass is 16.3. The van der Waals surface area contributed by atoms with Crippen molar-refractivity contribution in [1.82, 2.24) is 14.8 Å². The molecule has 0 aliphatic heterocycles. The van der Waals surface area contributed by atoms with E-state index < -0.39 is 0 Å². The van der Waals surface area contributed by atoms with Gasteiger partial charge in [-0.2, -0.15) is 0 Å². The van der Waals surface area contributed by atoms with E-state index in [1.165, 1.54) is 27.6 Å². The van der Waals surface area contributed by atoms with Crippen molar-refractivity contribution in [3.05, 3.63) is 114 Å². The summed E-state index contributed by atoms with van der Waals surface area (Å²) in [5.74, 6) is 0.849. The zero-order chi connectivity index (χ0) is 22.4. The predicted molar refractivity (Wildman–Crippen MR) is 133 cm³/mol. The number of hydrogen-bond donors (Lipinski definition) is 0. The summed E-state index contributed by atoms with van der Waals surface area (Å²) in [6, 6.07) is 29.4. The molecule has 0 saturated heterocycles. The fourth-order valence-electron chi connectivity index (χ4n) is 4.88. The zero-order valence-corrected chi connectivity index (χ0v) is 18.6. The van der Waals surface area contributed by atoms with Crippen LogP contribution < -0.4 is 0 Å². The third-order valence-corrected chi connectivity index (χ3v) is 6.25. The van der Waals surface area contributed by atoms with Gasteiger partial charge in [0.25, 0.3) is 0 Å². The summed E-state index contributed by atoms with van der Waals surface area (Å²) in [5, 5.41) is 10.9. The van der Waals surface area contributed by atoms with E-state index in [-0.39, 0.29) is 0 Å². The number of furan rings is 1. The topological polar surface area (TPSA) is 43.9 Å². The van der Waals surface area contributed by atoms with Crippen LogP contribution in [-0.4, -0.2) is 14.8 Å². The van der Waals surface area contributed by atoms with Gasteiger partial charge in [0.2, 0.25) is 0 Å². The minimum atomic E-state index is 0.812. The van der Waals surface area contributed by atoms with Crippen molar-refractivity contribution in [2.45, 2.75) is 20.3 Å². The second kappa shape index (κ2) is 7.75. The second-order valence-corrected chi connectivity index (χ2v) is 8.54. The molecule has 160 valence electrons. The van der Waals surface area contributed by atoms with E-state index in [9.17, 15) is 0 Å². The molecule has 0 spiro atoms. The first kappa shape index (κ1) is 19.5. The Morgan fingerprint density at radius 1 is 0.788 bits per heavy atom. The maximum absolute atomic E-state index is 6.24. The Kier molecular flexibility index (Phi) is 4.58. The predicted octanol–water partition coefficient (Wildman–Crippen LogP) is 7.04. The number of nitrogens with zero attached hydrogens (tertiary/aromatic N) is 3. The SMILES string of the molecule is Cc1cc(Cc2cccc3c2oc2ccccc23)cc(C)c1-n1cnnc1-c1ccccc1. The summed E-state index contributed by atoms with van der Waals surface area (Å²) >= 11 is 0. The van der Waals surface area contributed by atoms with Crippen LogP contribution in [0.3, 0.4) is 0 Å². The Morgan fingerprint density at radius 2 is 1.52 bits per heavy atom. The van der Waals surface area contributed by atoms with Crippen LogP contribution in [0.4, 0.5) is 0 Å².